The van der Waals surface area contributed by atoms with Crippen LogP contribution in [-0.4, -0.2) is 57.7 Å². The molecule has 1 fully saturated rings. The van der Waals surface area contributed by atoms with Crippen LogP contribution < -0.4 is 5.11 Å². The van der Waals surface area contributed by atoms with Crippen LogP contribution in [0.5, 0.6) is 0 Å². The zero-order valence-electron chi connectivity index (χ0n) is 6.20. The van der Waals surface area contributed by atoms with Crippen molar-refractivity contribution in [1.82, 2.24) is 0 Å². The zero-order chi connectivity index (χ0) is 9.30. The molecule has 1 saturated heterocycles. The molecule has 1 rings (SSSR count). The van der Waals surface area contributed by atoms with Crippen molar-refractivity contribution in [1.29, 1.82) is 0 Å². The monoisotopic (exact) mass is 179 g/mol. The van der Waals surface area contributed by atoms with Crippen molar-refractivity contribution in [3.05, 3.63) is 0 Å². The fraction of sp³-hybridized carbons (Fsp3) is 1.00. The fourth-order valence-corrected chi connectivity index (χ4v) is 1.07. The van der Waals surface area contributed by atoms with Gasteiger partial charge in [-0.15, -0.1) is 0 Å². The Morgan fingerprint density at radius 1 is 1.17 bits per heavy atom. The van der Waals surface area contributed by atoms with Gasteiger partial charge in [-0.3, -0.25) is 0 Å². The molecule has 6 nitrogen and oxygen atoms in total. The zero-order valence-corrected chi connectivity index (χ0v) is 6.20. The second kappa shape index (κ2) is 3.65. The summed E-state index contributed by atoms with van der Waals surface area (Å²) in [6, 6.07) is 0. The van der Waals surface area contributed by atoms with Crippen LogP contribution in [-0.2, 0) is 4.74 Å². The lowest BCUT2D eigenvalue weighted by atomic mass is 10.00. The number of ether oxygens (including phenoxy) is 1. The van der Waals surface area contributed by atoms with Gasteiger partial charge >= 0.3 is 0 Å². The quantitative estimate of drug-likeness (QED) is 0.328. The molecule has 1 aliphatic rings. The standard InChI is InChI=1S/C6H11O6/c7-1-2-3(8)4(9)5(10)6(11)12-2/h2-7,9-11H,1H2/q-1/t2-,3-,4+,5-,6+/m1/s1. The minimum atomic E-state index is -1.63. The Labute approximate surface area is 68.6 Å². The van der Waals surface area contributed by atoms with Crippen molar-refractivity contribution in [2.75, 3.05) is 6.61 Å². The first-order valence-electron chi connectivity index (χ1n) is 3.54. The Kier molecular flexibility index (Phi) is 2.99. The lowest BCUT2D eigenvalue weighted by Gasteiger charge is -2.44. The highest BCUT2D eigenvalue weighted by Crippen LogP contribution is 2.17. The van der Waals surface area contributed by atoms with E-state index < -0.39 is 37.3 Å². The van der Waals surface area contributed by atoms with Gasteiger partial charge in [0.05, 0.1) is 18.8 Å². The number of rotatable bonds is 1. The molecule has 0 bridgehead atoms. The first-order chi connectivity index (χ1) is 5.57. The summed E-state index contributed by atoms with van der Waals surface area (Å²) < 4.78 is 4.51. The third kappa shape index (κ3) is 1.58. The summed E-state index contributed by atoms with van der Waals surface area (Å²) >= 11 is 0. The van der Waals surface area contributed by atoms with E-state index in [9.17, 15) is 5.11 Å². The van der Waals surface area contributed by atoms with Crippen LogP contribution in [0, 0.1) is 0 Å². The first-order valence-corrected chi connectivity index (χ1v) is 3.54. The normalized spacial score (nSPS) is 49.2. The summed E-state index contributed by atoms with van der Waals surface area (Å²) in [7, 11) is 0. The second-order valence-corrected chi connectivity index (χ2v) is 2.69. The Bertz CT molecular complexity index is 146. The molecule has 0 aliphatic carbocycles. The van der Waals surface area contributed by atoms with Crippen molar-refractivity contribution in [3.8, 4) is 0 Å². The largest absolute Gasteiger partial charge is 0.848 e. The maximum absolute atomic E-state index is 11.0. The van der Waals surface area contributed by atoms with Gasteiger partial charge in [-0.2, -0.15) is 0 Å². The topological polar surface area (TPSA) is 113 Å². The van der Waals surface area contributed by atoms with Crippen LogP contribution in [0.1, 0.15) is 0 Å². The molecule has 0 aromatic heterocycles. The van der Waals surface area contributed by atoms with Crippen molar-refractivity contribution in [2.45, 2.75) is 30.7 Å². The second-order valence-electron chi connectivity index (χ2n) is 2.69. The van der Waals surface area contributed by atoms with Gasteiger partial charge in [0, 0.05) is 0 Å². The molecule has 0 aromatic carbocycles. The van der Waals surface area contributed by atoms with Crippen LogP contribution in [0.4, 0.5) is 0 Å². The van der Waals surface area contributed by atoms with E-state index in [2.05, 4.69) is 4.74 Å². The summed E-state index contributed by atoms with van der Waals surface area (Å²) in [6.45, 7) is -0.588. The van der Waals surface area contributed by atoms with Gasteiger partial charge in [0.2, 0.25) is 0 Å². The molecule has 0 spiro atoms. The molecule has 72 valence electrons. The molecular weight excluding hydrogens is 168 g/mol. The predicted octanol–water partition coefficient (Wildman–Crippen LogP) is -3.85. The highest BCUT2D eigenvalue weighted by Gasteiger charge is 2.37. The van der Waals surface area contributed by atoms with Gasteiger partial charge in [0.15, 0.2) is 6.29 Å². The lowest BCUT2D eigenvalue weighted by Crippen LogP contribution is -2.63. The Morgan fingerprint density at radius 2 is 1.75 bits per heavy atom. The molecule has 12 heavy (non-hydrogen) atoms. The number of aliphatic hydroxyl groups excluding tert-OH is 4. The minimum Gasteiger partial charge on any atom is -0.848 e. The summed E-state index contributed by atoms with van der Waals surface area (Å²) in [5.41, 5.74) is 0. The van der Waals surface area contributed by atoms with Crippen molar-refractivity contribution in [3.63, 3.8) is 0 Å². The first kappa shape index (κ1) is 9.85. The number of hydrogen-bond acceptors (Lipinski definition) is 6. The molecular formula is C6H11O6-. The highest BCUT2D eigenvalue weighted by molar-refractivity contribution is 4.87. The summed E-state index contributed by atoms with van der Waals surface area (Å²) in [6.07, 6.45) is -7.62. The van der Waals surface area contributed by atoms with Crippen LogP contribution in [0.25, 0.3) is 0 Å². The molecule has 0 aromatic rings. The fourth-order valence-electron chi connectivity index (χ4n) is 1.07. The highest BCUT2D eigenvalue weighted by atomic mass is 16.6. The molecule has 0 radical (unpaired) electrons. The van der Waals surface area contributed by atoms with Crippen LogP contribution in [0.15, 0.2) is 0 Å². The van der Waals surface area contributed by atoms with Gasteiger partial charge in [0.1, 0.15) is 6.10 Å². The van der Waals surface area contributed by atoms with Crippen molar-refractivity contribution >= 4 is 0 Å². The average molecular weight is 179 g/mol. The van der Waals surface area contributed by atoms with E-state index in [-0.39, 0.29) is 0 Å². The van der Waals surface area contributed by atoms with E-state index in [1.807, 2.05) is 0 Å². The van der Waals surface area contributed by atoms with E-state index >= 15 is 0 Å². The van der Waals surface area contributed by atoms with Gasteiger partial charge < -0.3 is 30.3 Å². The van der Waals surface area contributed by atoms with Crippen LogP contribution in [0.2, 0.25) is 0 Å². The smallest absolute Gasteiger partial charge is 0.183 e. The summed E-state index contributed by atoms with van der Waals surface area (Å²) in [5.74, 6) is 0. The Balaban J connectivity index is 2.63. The van der Waals surface area contributed by atoms with E-state index in [4.69, 9.17) is 20.4 Å². The minimum absolute atomic E-state index is 0.588. The Hall–Kier alpha value is -0.240. The van der Waals surface area contributed by atoms with Gasteiger partial charge in [-0.25, -0.2) is 0 Å². The van der Waals surface area contributed by atoms with Gasteiger partial charge in [-0.05, 0) is 0 Å². The molecule has 6 heteroatoms. The number of hydrogen-bond donors (Lipinski definition) is 4. The summed E-state index contributed by atoms with van der Waals surface area (Å²) in [4.78, 5) is 0. The van der Waals surface area contributed by atoms with Gasteiger partial charge in [-0.1, -0.05) is 6.10 Å². The third-order valence-electron chi connectivity index (χ3n) is 1.84. The molecule has 4 N–H and O–H groups in total. The maximum atomic E-state index is 11.0. The van der Waals surface area contributed by atoms with Crippen LogP contribution in [0.3, 0.4) is 0 Å². The van der Waals surface area contributed by atoms with Crippen molar-refractivity contribution in [2.24, 2.45) is 0 Å². The maximum Gasteiger partial charge on any atom is 0.183 e. The average Bonchev–Trinajstić information content (AvgIpc) is 2.08. The molecule has 1 heterocycles. The van der Waals surface area contributed by atoms with E-state index in [0.717, 1.165) is 0 Å². The van der Waals surface area contributed by atoms with E-state index in [1.54, 1.807) is 0 Å². The molecule has 1 aliphatic heterocycles. The predicted molar refractivity (Wildman–Crippen MR) is 33.8 cm³/mol. The molecule has 0 saturated carbocycles. The number of aliphatic hydroxyl groups is 4. The van der Waals surface area contributed by atoms with E-state index in [0.29, 0.717) is 0 Å². The third-order valence-corrected chi connectivity index (χ3v) is 1.84. The molecule has 5 atom stereocenters. The van der Waals surface area contributed by atoms with Crippen LogP contribution >= 0.6 is 0 Å². The van der Waals surface area contributed by atoms with E-state index in [1.165, 1.54) is 0 Å². The SMILES string of the molecule is [O-][C@H]1[C@H](O)[C@@H](O)[C@@H](O)O[C@@H]1CO. The molecule has 0 amide bonds. The Morgan fingerprint density at radius 3 is 2.25 bits per heavy atom. The molecule has 0 unspecified atom stereocenters. The summed E-state index contributed by atoms with van der Waals surface area (Å²) in [5, 5.41) is 46.4. The van der Waals surface area contributed by atoms with Crippen molar-refractivity contribution < 1.29 is 30.3 Å². The lowest BCUT2D eigenvalue weighted by molar-refractivity contribution is -0.486. The van der Waals surface area contributed by atoms with Gasteiger partial charge in [0.25, 0.3) is 0 Å².